The van der Waals surface area contributed by atoms with Crippen molar-refractivity contribution < 1.29 is 53.4 Å². The highest BCUT2D eigenvalue weighted by Gasteiger charge is 2.32. The minimum atomic E-state index is -0.761. The summed E-state index contributed by atoms with van der Waals surface area (Å²) in [4.78, 5) is 43.1. The lowest BCUT2D eigenvalue weighted by atomic mass is 10.1. The molecule has 0 bridgehead atoms. The lowest BCUT2D eigenvalue weighted by Gasteiger charge is -2.18. The van der Waals surface area contributed by atoms with Gasteiger partial charge >= 0.3 is 0 Å². The first kappa shape index (κ1) is 22.8. The zero-order chi connectivity index (χ0) is 23.4. The molecule has 1 aromatic heterocycles. The predicted octanol–water partition coefficient (Wildman–Crippen LogP) is 2.71. The minimum absolute atomic E-state index is 0.0764. The van der Waals surface area contributed by atoms with Crippen LogP contribution in [0, 0.1) is 0 Å². The lowest BCUT2D eigenvalue weighted by molar-refractivity contribution is -0.186. The smallest absolute Gasteiger partial charge is 0.256 e. The predicted molar refractivity (Wildman–Crippen MR) is 107 cm³/mol. The Morgan fingerprint density at radius 2 is 1.31 bits per heavy atom. The summed E-state index contributed by atoms with van der Waals surface area (Å²) in [5.41, 5.74) is -0.737. The summed E-state index contributed by atoms with van der Waals surface area (Å²) >= 11 is 0. The van der Waals surface area contributed by atoms with Crippen LogP contribution in [0.2, 0.25) is 0 Å². The fourth-order valence-corrected chi connectivity index (χ4v) is 3.01. The molecule has 0 unspecified atom stereocenters. The Bertz CT molecular complexity index is 1180. The Balaban J connectivity index is 2.54. The van der Waals surface area contributed by atoms with Crippen LogP contribution in [-0.4, -0.2) is 45.8 Å². The Morgan fingerprint density at radius 3 is 1.88 bits per heavy atom. The van der Waals surface area contributed by atoms with Gasteiger partial charge in [0, 0.05) is 5.56 Å². The van der Waals surface area contributed by atoms with Gasteiger partial charge in [-0.15, -0.1) is 0 Å². The molecule has 2 N–H and O–H groups in total. The number of fused-ring (bicyclic) bond motifs is 1. The Morgan fingerprint density at radius 1 is 0.719 bits per heavy atom. The van der Waals surface area contributed by atoms with E-state index in [1.807, 2.05) is 0 Å². The fraction of sp³-hybridized carbons (Fsp3) is 0.250. The van der Waals surface area contributed by atoms with E-state index in [1.165, 1.54) is 47.7 Å². The maximum atomic E-state index is 13.5. The van der Waals surface area contributed by atoms with Crippen molar-refractivity contribution in [2.75, 3.05) is 35.5 Å². The largest absolute Gasteiger partial charge is 0.504 e. The summed E-state index contributed by atoms with van der Waals surface area (Å²) < 4.78 is 16.7. The third kappa shape index (κ3) is 3.77. The van der Waals surface area contributed by atoms with Crippen LogP contribution in [0.4, 0.5) is 0 Å². The summed E-state index contributed by atoms with van der Waals surface area (Å²) in [5.74, 6) is -1.88. The molecule has 3 aromatic rings. The maximum absolute atomic E-state index is 13.5. The van der Waals surface area contributed by atoms with Crippen molar-refractivity contribution in [2.24, 2.45) is 0 Å². The number of hydrogen-bond donors (Lipinski definition) is 2. The average molecular weight is 452 g/mol. The highest BCUT2D eigenvalue weighted by atomic mass is 17.2. The minimum Gasteiger partial charge on any atom is -0.504 e. The van der Waals surface area contributed by atoms with E-state index in [9.17, 15) is 15.0 Å². The van der Waals surface area contributed by atoms with Crippen LogP contribution in [0.15, 0.2) is 27.4 Å². The SMILES string of the molecule is COOc1c(OC)c(OOC)c2c(=O)c(OOC)c(-c3ccc(O)c(O)c3)oc2c1OC. The second kappa shape index (κ2) is 9.51. The highest BCUT2D eigenvalue weighted by molar-refractivity contribution is 5.96. The van der Waals surface area contributed by atoms with Crippen molar-refractivity contribution in [2.45, 2.75) is 0 Å². The number of phenols is 2. The Kier molecular flexibility index (Phi) is 6.78. The molecule has 0 spiro atoms. The van der Waals surface area contributed by atoms with Crippen LogP contribution in [0.3, 0.4) is 0 Å². The van der Waals surface area contributed by atoms with Crippen molar-refractivity contribution in [3.8, 4) is 51.6 Å². The average Bonchev–Trinajstić information content (AvgIpc) is 2.78. The van der Waals surface area contributed by atoms with Gasteiger partial charge in [0.2, 0.25) is 22.7 Å². The Labute approximate surface area is 180 Å². The van der Waals surface area contributed by atoms with Gasteiger partial charge in [-0.05, 0) is 18.2 Å². The molecule has 0 saturated carbocycles. The first-order valence-corrected chi connectivity index (χ1v) is 8.86. The summed E-state index contributed by atoms with van der Waals surface area (Å²) in [6.07, 6.45) is 0. The van der Waals surface area contributed by atoms with Crippen molar-refractivity contribution in [3.05, 3.63) is 28.4 Å². The van der Waals surface area contributed by atoms with Crippen LogP contribution in [0.25, 0.3) is 22.3 Å². The van der Waals surface area contributed by atoms with Gasteiger partial charge in [0.25, 0.3) is 11.5 Å². The van der Waals surface area contributed by atoms with E-state index < -0.39 is 16.9 Å². The van der Waals surface area contributed by atoms with E-state index in [0.29, 0.717) is 0 Å². The molecule has 3 rings (SSSR count). The summed E-state index contributed by atoms with van der Waals surface area (Å²) in [7, 11) is 6.25. The van der Waals surface area contributed by atoms with Crippen LogP contribution in [-0.2, 0) is 14.7 Å². The number of benzene rings is 2. The molecule has 2 aromatic carbocycles. The molecular formula is C20H20O12. The molecule has 1 heterocycles. The first-order chi connectivity index (χ1) is 15.4. The van der Waals surface area contributed by atoms with Crippen molar-refractivity contribution in [3.63, 3.8) is 0 Å². The van der Waals surface area contributed by atoms with E-state index >= 15 is 0 Å². The van der Waals surface area contributed by atoms with E-state index in [0.717, 1.165) is 6.07 Å². The maximum Gasteiger partial charge on any atom is 0.256 e. The third-order valence-corrected chi connectivity index (χ3v) is 4.27. The quantitative estimate of drug-likeness (QED) is 0.280. The summed E-state index contributed by atoms with van der Waals surface area (Å²) in [6.45, 7) is 0. The monoisotopic (exact) mass is 452 g/mol. The second-order valence-corrected chi connectivity index (χ2v) is 5.97. The van der Waals surface area contributed by atoms with E-state index in [-0.39, 0.29) is 51.0 Å². The molecule has 0 fully saturated rings. The van der Waals surface area contributed by atoms with Gasteiger partial charge < -0.3 is 38.8 Å². The molecule has 32 heavy (non-hydrogen) atoms. The van der Waals surface area contributed by atoms with Crippen molar-refractivity contribution >= 4 is 11.0 Å². The molecule has 12 heteroatoms. The van der Waals surface area contributed by atoms with Gasteiger partial charge in [0.15, 0.2) is 22.8 Å². The van der Waals surface area contributed by atoms with Crippen LogP contribution in [0.1, 0.15) is 0 Å². The standard InChI is InChI=1S/C20H20O12/c1-24-18-15-12(16(30-26-3)19(25-2)20(18)32-28-5)13(23)17(31-27-4)14(29-15)9-6-7-10(21)11(22)8-9/h6-8,21-22H,1-5H3. The molecule has 12 nitrogen and oxygen atoms in total. The molecule has 0 aliphatic heterocycles. The molecule has 0 radical (unpaired) electrons. The number of ether oxygens (including phenoxy) is 2. The van der Waals surface area contributed by atoms with Crippen molar-refractivity contribution in [1.29, 1.82) is 0 Å². The summed E-state index contributed by atoms with van der Waals surface area (Å²) in [5, 5.41) is 19.3. The number of aromatic hydroxyl groups is 2. The zero-order valence-electron chi connectivity index (χ0n) is 17.7. The van der Waals surface area contributed by atoms with Gasteiger partial charge in [-0.1, -0.05) is 0 Å². The number of hydrogen-bond acceptors (Lipinski definition) is 12. The van der Waals surface area contributed by atoms with E-state index in [2.05, 4.69) is 0 Å². The molecule has 0 amide bonds. The zero-order valence-corrected chi connectivity index (χ0v) is 17.7. The normalized spacial score (nSPS) is 10.8. The molecular weight excluding hydrogens is 432 g/mol. The third-order valence-electron chi connectivity index (χ3n) is 4.27. The fourth-order valence-electron chi connectivity index (χ4n) is 3.01. The second-order valence-electron chi connectivity index (χ2n) is 5.97. The van der Waals surface area contributed by atoms with E-state index in [1.54, 1.807) is 0 Å². The first-order valence-electron chi connectivity index (χ1n) is 8.86. The van der Waals surface area contributed by atoms with Crippen LogP contribution >= 0.6 is 0 Å². The topological polar surface area (TPSA) is 145 Å². The van der Waals surface area contributed by atoms with Gasteiger partial charge in [-0.3, -0.25) is 4.79 Å². The van der Waals surface area contributed by atoms with Crippen LogP contribution < -0.4 is 29.6 Å². The van der Waals surface area contributed by atoms with Gasteiger partial charge in [0.1, 0.15) is 5.39 Å². The van der Waals surface area contributed by atoms with E-state index in [4.69, 9.17) is 43.2 Å². The molecule has 0 aliphatic rings. The molecule has 172 valence electrons. The molecule has 0 saturated heterocycles. The van der Waals surface area contributed by atoms with Gasteiger partial charge in [0.05, 0.1) is 35.5 Å². The van der Waals surface area contributed by atoms with Crippen LogP contribution in [0.5, 0.6) is 40.2 Å². The number of rotatable bonds is 9. The molecule has 0 atom stereocenters. The van der Waals surface area contributed by atoms with Crippen molar-refractivity contribution in [1.82, 2.24) is 0 Å². The highest BCUT2D eigenvalue weighted by Crippen LogP contribution is 2.52. The van der Waals surface area contributed by atoms with Gasteiger partial charge in [-0.25, -0.2) is 0 Å². The lowest BCUT2D eigenvalue weighted by Crippen LogP contribution is -2.13. The van der Waals surface area contributed by atoms with Gasteiger partial charge in [-0.2, -0.15) is 14.7 Å². The summed E-state index contributed by atoms with van der Waals surface area (Å²) in [6, 6.07) is 3.75. The Hall–Kier alpha value is -3.87. The number of phenolic OH excluding ortho intramolecular Hbond substituents is 2. The number of methoxy groups -OCH3 is 2. The molecule has 0 aliphatic carbocycles.